The first-order chi connectivity index (χ1) is 16.1. The number of phenols is 6. The maximum atomic E-state index is 10.1. The number of aromatic hydroxyl groups is 6. The Labute approximate surface area is 197 Å². The molecule has 0 heterocycles. The molecule has 4 aromatic rings. The highest BCUT2D eigenvalue weighted by molar-refractivity contribution is 5.53. The second kappa shape index (κ2) is 8.56. The summed E-state index contributed by atoms with van der Waals surface area (Å²) in [5.41, 5.74) is 3.59. The molecule has 0 spiro atoms. The van der Waals surface area contributed by atoms with Crippen LogP contribution in [0.2, 0.25) is 0 Å². The normalized spacial score (nSPS) is 11.6. The van der Waals surface area contributed by atoms with Gasteiger partial charge in [-0.05, 0) is 64.2 Å². The van der Waals surface area contributed by atoms with Crippen LogP contribution in [-0.2, 0) is 5.41 Å². The molecule has 0 unspecified atom stereocenters. The summed E-state index contributed by atoms with van der Waals surface area (Å²) in [7, 11) is 0. The Morgan fingerprint density at radius 3 is 1.26 bits per heavy atom. The van der Waals surface area contributed by atoms with E-state index < -0.39 is 11.3 Å². The molecule has 0 fully saturated rings. The molecule has 0 saturated heterocycles. The molecule has 4 rings (SSSR count). The van der Waals surface area contributed by atoms with Crippen molar-refractivity contribution in [2.75, 3.05) is 0 Å². The van der Waals surface area contributed by atoms with E-state index in [1.165, 1.54) is 30.3 Å². The highest BCUT2D eigenvalue weighted by Gasteiger charge is 2.25. The van der Waals surface area contributed by atoms with Gasteiger partial charge in [0, 0.05) is 11.3 Å². The summed E-state index contributed by atoms with van der Waals surface area (Å²) >= 11 is 0. The van der Waals surface area contributed by atoms with E-state index in [4.69, 9.17) is 0 Å². The molecule has 0 aromatic heterocycles. The van der Waals surface area contributed by atoms with Crippen molar-refractivity contribution in [1.82, 2.24) is 0 Å². The van der Waals surface area contributed by atoms with Crippen LogP contribution in [0.1, 0.15) is 47.6 Å². The molecule has 6 N–H and O–H groups in total. The quantitative estimate of drug-likeness (QED) is 0.175. The van der Waals surface area contributed by atoms with E-state index in [-0.39, 0.29) is 34.5 Å². The zero-order chi connectivity index (χ0) is 24.6. The summed E-state index contributed by atoms with van der Waals surface area (Å²) in [5.74, 6) is -1.72. The Hall–Kier alpha value is -4.32. The fourth-order valence-electron chi connectivity index (χ4n) is 4.19. The van der Waals surface area contributed by atoms with E-state index in [9.17, 15) is 30.6 Å². The van der Waals surface area contributed by atoms with Crippen LogP contribution in [0.5, 0.6) is 34.5 Å². The van der Waals surface area contributed by atoms with Crippen molar-refractivity contribution >= 4 is 0 Å². The molecule has 34 heavy (non-hydrogen) atoms. The topological polar surface area (TPSA) is 121 Å². The molecule has 6 nitrogen and oxygen atoms in total. The average molecular weight is 459 g/mol. The lowest BCUT2D eigenvalue weighted by Gasteiger charge is -2.27. The van der Waals surface area contributed by atoms with Gasteiger partial charge >= 0.3 is 0 Å². The van der Waals surface area contributed by atoms with Gasteiger partial charge in [0.05, 0.1) is 0 Å². The molecule has 0 aliphatic carbocycles. The zero-order valence-corrected chi connectivity index (χ0v) is 18.8. The van der Waals surface area contributed by atoms with E-state index in [0.29, 0.717) is 11.1 Å². The second-order valence-corrected chi connectivity index (χ2v) is 8.88. The monoisotopic (exact) mass is 458 g/mol. The van der Waals surface area contributed by atoms with Crippen molar-refractivity contribution < 1.29 is 30.6 Å². The third-order valence-corrected chi connectivity index (χ3v) is 6.33. The Morgan fingerprint density at radius 1 is 0.441 bits per heavy atom. The van der Waals surface area contributed by atoms with Crippen LogP contribution in [0.4, 0.5) is 0 Å². The van der Waals surface area contributed by atoms with Crippen LogP contribution < -0.4 is 0 Å². The van der Waals surface area contributed by atoms with E-state index in [2.05, 4.69) is 0 Å². The summed E-state index contributed by atoms with van der Waals surface area (Å²) in [6.07, 6.45) is 0. The molecule has 4 aromatic carbocycles. The highest BCUT2D eigenvalue weighted by Crippen LogP contribution is 2.41. The number of hydrogen-bond donors (Lipinski definition) is 6. The first kappa shape index (κ1) is 22.9. The molecule has 0 aliphatic heterocycles. The summed E-state index contributed by atoms with van der Waals surface area (Å²) in [4.78, 5) is 0. The van der Waals surface area contributed by atoms with E-state index in [0.717, 1.165) is 16.7 Å². The number of hydrogen-bond acceptors (Lipinski definition) is 6. The van der Waals surface area contributed by atoms with Gasteiger partial charge < -0.3 is 30.6 Å². The lowest BCUT2D eigenvalue weighted by molar-refractivity contribution is 0.402. The molecule has 174 valence electrons. The van der Waals surface area contributed by atoms with Crippen molar-refractivity contribution in [1.29, 1.82) is 0 Å². The molecule has 0 aliphatic rings. The maximum absolute atomic E-state index is 10.1. The first-order valence-electron chi connectivity index (χ1n) is 10.7. The van der Waals surface area contributed by atoms with Crippen LogP contribution in [0.25, 0.3) is 0 Å². The van der Waals surface area contributed by atoms with Gasteiger partial charge in [-0.25, -0.2) is 0 Å². The van der Waals surface area contributed by atoms with Crippen molar-refractivity contribution in [3.05, 3.63) is 107 Å². The van der Waals surface area contributed by atoms with Crippen molar-refractivity contribution in [3.8, 4) is 34.5 Å². The molecular weight excluding hydrogens is 432 g/mol. The van der Waals surface area contributed by atoms with E-state index >= 15 is 0 Å². The molecular formula is C28H26O6. The van der Waals surface area contributed by atoms with Gasteiger partial charge in [-0.3, -0.25) is 0 Å². The Morgan fingerprint density at radius 2 is 0.824 bits per heavy atom. The minimum absolute atomic E-state index is 0.174. The van der Waals surface area contributed by atoms with Crippen molar-refractivity contribution in [2.24, 2.45) is 0 Å². The van der Waals surface area contributed by atoms with Crippen molar-refractivity contribution in [3.63, 3.8) is 0 Å². The summed E-state index contributed by atoms with van der Waals surface area (Å²) < 4.78 is 0. The Bertz CT molecular complexity index is 1290. The molecule has 6 heteroatoms. The Balaban J connectivity index is 1.78. The lowest BCUT2D eigenvalue weighted by Crippen LogP contribution is -2.19. The number of benzene rings is 4. The van der Waals surface area contributed by atoms with E-state index in [1.54, 1.807) is 24.3 Å². The van der Waals surface area contributed by atoms with Crippen LogP contribution in [0.3, 0.4) is 0 Å². The highest BCUT2D eigenvalue weighted by atomic mass is 16.3. The minimum Gasteiger partial charge on any atom is -0.504 e. The fourth-order valence-corrected chi connectivity index (χ4v) is 4.19. The zero-order valence-electron chi connectivity index (χ0n) is 18.8. The maximum Gasteiger partial charge on any atom is 0.157 e. The smallest absolute Gasteiger partial charge is 0.157 e. The van der Waals surface area contributed by atoms with E-state index in [1.807, 2.05) is 38.1 Å². The van der Waals surface area contributed by atoms with Crippen LogP contribution >= 0.6 is 0 Å². The molecule has 0 atom stereocenters. The van der Waals surface area contributed by atoms with Gasteiger partial charge in [0.25, 0.3) is 0 Å². The third kappa shape index (κ3) is 4.18. The average Bonchev–Trinajstić information content (AvgIpc) is 2.81. The van der Waals surface area contributed by atoms with Gasteiger partial charge in [0.1, 0.15) is 0 Å². The predicted molar refractivity (Wildman–Crippen MR) is 129 cm³/mol. The summed E-state index contributed by atoms with van der Waals surface area (Å²) in [5, 5.41) is 59.3. The summed E-state index contributed by atoms with van der Waals surface area (Å²) in [6.45, 7) is 4.03. The molecule has 0 amide bonds. The lowest BCUT2D eigenvalue weighted by atomic mass is 9.76. The van der Waals surface area contributed by atoms with Gasteiger partial charge in [-0.15, -0.1) is 0 Å². The van der Waals surface area contributed by atoms with Crippen molar-refractivity contribution in [2.45, 2.75) is 25.2 Å². The van der Waals surface area contributed by atoms with Crippen LogP contribution in [-0.4, -0.2) is 30.6 Å². The predicted octanol–water partition coefficient (Wildman–Crippen LogP) is 5.43. The molecule has 0 saturated carbocycles. The summed E-state index contributed by atoms with van der Waals surface area (Å²) in [6, 6.07) is 21.7. The van der Waals surface area contributed by atoms with Gasteiger partial charge in [0.2, 0.25) is 0 Å². The molecule has 0 radical (unpaired) electrons. The third-order valence-electron chi connectivity index (χ3n) is 6.33. The van der Waals surface area contributed by atoms with Gasteiger partial charge in [-0.2, -0.15) is 0 Å². The van der Waals surface area contributed by atoms with Gasteiger partial charge in [0.15, 0.2) is 34.5 Å². The number of rotatable bonds is 5. The SMILES string of the molecule is CC(C)(c1ccc(C(c2ccc(O)c(O)c2)c2ccc(O)c(O)c2)cc1)c1ccc(O)c(O)c1. The number of phenolic OH excluding ortho intramolecular Hbond substituents is 6. The Kier molecular flexibility index (Phi) is 5.75. The second-order valence-electron chi connectivity index (χ2n) is 8.88. The molecule has 0 bridgehead atoms. The largest absolute Gasteiger partial charge is 0.504 e. The van der Waals surface area contributed by atoms with Crippen LogP contribution in [0, 0.1) is 0 Å². The fraction of sp³-hybridized carbons (Fsp3) is 0.143. The van der Waals surface area contributed by atoms with Crippen LogP contribution in [0.15, 0.2) is 78.9 Å². The minimum atomic E-state index is -0.465. The van der Waals surface area contributed by atoms with Gasteiger partial charge in [-0.1, -0.05) is 56.3 Å². The first-order valence-corrected chi connectivity index (χ1v) is 10.7. The standard InChI is InChI=1S/C28H26O6/c1-28(2,20-9-12-23(31)26(34)15-20)19-7-3-16(4-8-19)27(17-5-10-21(29)24(32)13-17)18-6-11-22(30)25(33)14-18/h3-15,27,29-34H,1-2H3.